The van der Waals surface area contributed by atoms with E-state index in [9.17, 15) is 8.42 Å². The minimum atomic E-state index is -3.20. The van der Waals surface area contributed by atoms with Crippen LogP contribution in [-0.4, -0.2) is 26.8 Å². The fourth-order valence-electron chi connectivity index (χ4n) is 1.55. The van der Waals surface area contributed by atoms with Crippen LogP contribution in [-0.2, 0) is 9.84 Å². The summed E-state index contributed by atoms with van der Waals surface area (Å²) in [6, 6.07) is 7.03. The van der Waals surface area contributed by atoms with E-state index >= 15 is 0 Å². The molecule has 0 aliphatic rings. The second kappa shape index (κ2) is 6.17. The maximum atomic E-state index is 12.2. The molecule has 17 heavy (non-hydrogen) atoms. The highest BCUT2D eigenvalue weighted by Crippen LogP contribution is 2.16. The molecule has 0 aliphatic heterocycles. The first-order valence-electron chi connectivity index (χ1n) is 5.99. The first-order chi connectivity index (χ1) is 7.98. The third-order valence-electron chi connectivity index (χ3n) is 2.74. The average molecular weight is 255 g/mol. The summed E-state index contributed by atoms with van der Waals surface area (Å²) in [7, 11) is -3.20. The third kappa shape index (κ3) is 3.82. The Morgan fingerprint density at radius 2 is 1.82 bits per heavy atom. The maximum Gasteiger partial charge on any atom is 0.182 e. The molecule has 0 saturated heterocycles. The SMILES string of the molecule is CCCNCC(C)S(=O)(=O)c1ccc(C)cc1. The number of aryl methyl sites for hydroxylation is 1. The van der Waals surface area contributed by atoms with Crippen LogP contribution >= 0.6 is 0 Å². The van der Waals surface area contributed by atoms with Crippen LogP contribution in [0.5, 0.6) is 0 Å². The molecule has 1 rings (SSSR count). The minimum absolute atomic E-state index is 0.392. The Balaban J connectivity index is 2.76. The van der Waals surface area contributed by atoms with Crippen molar-refractivity contribution in [3.63, 3.8) is 0 Å². The van der Waals surface area contributed by atoms with E-state index < -0.39 is 15.1 Å². The number of benzene rings is 1. The van der Waals surface area contributed by atoms with E-state index in [-0.39, 0.29) is 0 Å². The summed E-state index contributed by atoms with van der Waals surface area (Å²) in [5, 5.41) is 2.75. The van der Waals surface area contributed by atoms with Crippen molar-refractivity contribution in [3.8, 4) is 0 Å². The Hall–Kier alpha value is -0.870. The van der Waals surface area contributed by atoms with E-state index in [1.54, 1.807) is 19.1 Å². The standard InChI is InChI=1S/C13H21NO2S/c1-4-9-14-10-12(3)17(15,16)13-7-5-11(2)6-8-13/h5-8,12,14H,4,9-10H2,1-3H3. The zero-order valence-corrected chi connectivity index (χ0v) is 11.5. The largest absolute Gasteiger partial charge is 0.315 e. The molecule has 0 spiro atoms. The van der Waals surface area contributed by atoms with Crippen LogP contribution < -0.4 is 5.32 Å². The van der Waals surface area contributed by atoms with Gasteiger partial charge in [-0.1, -0.05) is 24.6 Å². The van der Waals surface area contributed by atoms with E-state index in [0.717, 1.165) is 18.5 Å². The predicted octanol–water partition coefficient (Wildman–Crippen LogP) is 2.16. The topological polar surface area (TPSA) is 46.2 Å². The number of hydrogen-bond donors (Lipinski definition) is 1. The van der Waals surface area contributed by atoms with Gasteiger partial charge in [-0.3, -0.25) is 0 Å². The van der Waals surface area contributed by atoms with Crippen molar-refractivity contribution in [2.24, 2.45) is 0 Å². The third-order valence-corrected chi connectivity index (χ3v) is 4.89. The van der Waals surface area contributed by atoms with Crippen LogP contribution in [0, 0.1) is 6.92 Å². The molecule has 96 valence electrons. The van der Waals surface area contributed by atoms with E-state index in [1.807, 2.05) is 19.1 Å². The van der Waals surface area contributed by atoms with Crippen molar-refractivity contribution in [1.82, 2.24) is 5.32 Å². The molecule has 0 aromatic heterocycles. The van der Waals surface area contributed by atoms with Gasteiger partial charge in [0.2, 0.25) is 0 Å². The van der Waals surface area contributed by atoms with Gasteiger partial charge in [-0.25, -0.2) is 8.42 Å². The summed E-state index contributed by atoms with van der Waals surface area (Å²) in [6.07, 6.45) is 1.01. The molecule has 0 saturated carbocycles. The summed E-state index contributed by atoms with van der Waals surface area (Å²) in [4.78, 5) is 0.411. The minimum Gasteiger partial charge on any atom is -0.315 e. The van der Waals surface area contributed by atoms with Gasteiger partial charge >= 0.3 is 0 Å². The summed E-state index contributed by atoms with van der Waals surface area (Å²) in [5.41, 5.74) is 1.07. The monoisotopic (exact) mass is 255 g/mol. The Kier molecular flexibility index (Phi) is 5.15. The van der Waals surface area contributed by atoms with Gasteiger partial charge < -0.3 is 5.32 Å². The van der Waals surface area contributed by atoms with Crippen LogP contribution in [0.2, 0.25) is 0 Å². The van der Waals surface area contributed by atoms with Crippen molar-refractivity contribution >= 4 is 9.84 Å². The normalized spacial score (nSPS) is 13.6. The maximum absolute atomic E-state index is 12.2. The molecule has 3 nitrogen and oxygen atoms in total. The Labute approximate surface area is 104 Å². The highest BCUT2D eigenvalue weighted by atomic mass is 32.2. The van der Waals surface area contributed by atoms with Gasteiger partial charge in [-0.15, -0.1) is 0 Å². The lowest BCUT2D eigenvalue weighted by Gasteiger charge is -2.13. The van der Waals surface area contributed by atoms with Crippen LogP contribution in [0.15, 0.2) is 29.2 Å². The average Bonchev–Trinajstić information content (AvgIpc) is 2.29. The Bertz CT molecular complexity index is 437. The molecule has 0 aliphatic carbocycles. The summed E-state index contributed by atoms with van der Waals surface area (Å²) in [5.74, 6) is 0. The van der Waals surface area contributed by atoms with Crippen LogP contribution in [0.1, 0.15) is 25.8 Å². The van der Waals surface area contributed by atoms with Gasteiger partial charge in [-0.2, -0.15) is 0 Å². The van der Waals surface area contributed by atoms with Gasteiger partial charge in [-0.05, 0) is 38.9 Å². The molecule has 1 aromatic carbocycles. The first kappa shape index (κ1) is 14.2. The Morgan fingerprint density at radius 1 is 1.24 bits per heavy atom. The van der Waals surface area contributed by atoms with E-state index in [4.69, 9.17) is 0 Å². The summed E-state index contributed by atoms with van der Waals surface area (Å²) in [6.45, 7) is 7.12. The van der Waals surface area contributed by atoms with Gasteiger partial charge in [0.15, 0.2) is 9.84 Å². The number of rotatable bonds is 6. The molecular weight excluding hydrogens is 234 g/mol. The van der Waals surface area contributed by atoms with Crippen molar-refractivity contribution < 1.29 is 8.42 Å². The van der Waals surface area contributed by atoms with Crippen molar-refractivity contribution in [2.45, 2.75) is 37.3 Å². The number of nitrogens with one attached hydrogen (secondary N) is 1. The second-order valence-corrected chi connectivity index (χ2v) is 6.74. The van der Waals surface area contributed by atoms with Gasteiger partial charge in [0.25, 0.3) is 0 Å². The van der Waals surface area contributed by atoms with Crippen molar-refractivity contribution in [2.75, 3.05) is 13.1 Å². The molecule has 0 amide bonds. The highest BCUT2D eigenvalue weighted by Gasteiger charge is 2.22. The quantitative estimate of drug-likeness (QED) is 0.792. The first-order valence-corrected chi connectivity index (χ1v) is 7.54. The molecule has 0 fully saturated rings. The molecule has 1 atom stereocenters. The molecule has 0 bridgehead atoms. The zero-order valence-electron chi connectivity index (χ0n) is 10.7. The lowest BCUT2D eigenvalue weighted by molar-refractivity contribution is 0.571. The Morgan fingerprint density at radius 3 is 2.35 bits per heavy atom. The van der Waals surface area contributed by atoms with E-state index in [1.165, 1.54) is 0 Å². The summed E-state index contributed by atoms with van der Waals surface area (Å²) < 4.78 is 24.4. The van der Waals surface area contributed by atoms with Crippen LogP contribution in [0.25, 0.3) is 0 Å². The lowest BCUT2D eigenvalue weighted by atomic mass is 10.2. The highest BCUT2D eigenvalue weighted by molar-refractivity contribution is 7.92. The number of hydrogen-bond acceptors (Lipinski definition) is 3. The fourth-order valence-corrected chi connectivity index (χ4v) is 2.87. The van der Waals surface area contributed by atoms with Crippen molar-refractivity contribution in [1.29, 1.82) is 0 Å². The number of sulfone groups is 1. The van der Waals surface area contributed by atoms with Crippen LogP contribution in [0.4, 0.5) is 0 Å². The molecule has 0 heterocycles. The molecule has 1 N–H and O–H groups in total. The predicted molar refractivity (Wildman–Crippen MR) is 71.0 cm³/mol. The van der Waals surface area contributed by atoms with E-state index in [2.05, 4.69) is 12.2 Å². The van der Waals surface area contributed by atoms with Gasteiger partial charge in [0, 0.05) is 6.54 Å². The molecular formula is C13H21NO2S. The second-order valence-electron chi connectivity index (χ2n) is 4.37. The van der Waals surface area contributed by atoms with Gasteiger partial charge in [0.05, 0.1) is 10.1 Å². The van der Waals surface area contributed by atoms with Crippen LogP contribution in [0.3, 0.4) is 0 Å². The van der Waals surface area contributed by atoms with Crippen molar-refractivity contribution in [3.05, 3.63) is 29.8 Å². The molecule has 1 unspecified atom stereocenters. The summed E-state index contributed by atoms with van der Waals surface area (Å²) >= 11 is 0. The zero-order chi connectivity index (χ0) is 12.9. The molecule has 0 radical (unpaired) electrons. The smallest absolute Gasteiger partial charge is 0.182 e. The van der Waals surface area contributed by atoms with E-state index in [0.29, 0.717) is 11.4 Å². The molecule has 4 heteroatoms. The lowest BCUT2D eigenvalue weighted by Crippen LogP contribution is -2.31. The molecule has 1 aromatic rings. The van der Waals surface area contributed by atoms with Gasteiger partial charge in [0.1, 0.15) is 0 Å². The fraction of sp³-hybridized carbons (Fsp3) is 0.538.